The first kappa shape index (κ1) is 27.6. The first-order valence-electron chi connectivity index (χ1n) is 13.4. The van der Waals surface area contributed by atoms with Gasteiger partial charge in [-0.3, -0.25) is 4.57 Å². The second-order valence-electron chi connectivity index (χ2n) is 10.2. The molecule has 0 spiro atoms. The molecule has 1 fully saturated rings. The van der Waals surface area contributed by atoms with Crippen LogP contribution < -0.4 is 5.32 Å². The van der Waals surface area contributed by atoms with E-state index in [1.165, 1.54) is 0 Å². The standard InChI is InChI=1S/C30H30ClN4O5P/c1-20-16-38-41(37,39-17-20)18-21-6-12-24(13-7-21)33-28(36)15-14-27-29(22-8-10-23(31)11-9-22)34-30(40-27)35-19-32-25-4-2-3-5-26(25)35/h2-13,19-20,37,41H,14-18H2,1H3,(H,33,36). The molecule has 1 saturated heterocycles. The van der Waals surface area contributed by atoms with Crippen LogP contribution in [0.2, 0.25) is 5.02 Å². The number of oxazole rings is 1. The molecule has 9 nitrogen and oxygen atoms in total. The number of imidazole rings is 1. The maximum absolute atomic E-state index is 12.9. The van der Waals surface area contributed by atoms with E-state index in [0.717, 1.165) is 22.2 Å². The second kappa shape index (κ2) is 11.7. The number of rotatable bonds is 8. The summed E-state index contributed by atoms with van der Waals surface area (Å²) < 4.78 is 19.2. The van der Waals surface area contributed by atoms with Gasteiger partial charge in [0.2, 0.25) is 0 Å². The Morgan fingerprint density at radius 1 is 1.07 bits per heavy atom. The van der Waals surface area contributed by atoms with Gasteiger partial charge in [-0.05, 0) is 24.3 Å². The van der Waals surface area contributed by atoms with Crippen molar-refractivity contribution in [1.29, 1.82) is 0 Å². The molecule has 1 aliphatic heterocycles. The Morgan fingerprint density at radius 3 is 2.56 bits per heavy atom. The summed E-state index contributed by atoms with van der Waals surface area (Å²) in [4.78, 5) is 32.8. The van der Waals surface area contributed by atoms with E-state index in [4.69, 9.17) is 30.0 Å². The van der Waals surface area contributed by atoms with Crippen molar-refractivity contribution in [3.8, 4) is 17.3 Å². The topological polar surface area (TPSA) is 112 Å². The van der Waals surface area contributed by atoms with Crippen LogP contribution in [0.4, 0.5) is 5.69 Å². The van der Waals surface area contributed by atoms with Crippen LogP contribution in [-0.2, 0) is 26.4 Å². The number of hydrogen-bond donors (Lipinski definition) is 2. The van der Waals surface area contributed by atoms with Crippen LogP contribution in [0.25, 0.3) is 28.3 Å². The molecule has 0 atom stereocenters. The number of para-hydroxylation sites is 2. The van der Waals surface area contributed by atoms with E-state index in [-0.39, 0.29) is 18.2 Å². The van der Waals surface area contributed by atoms with E-state index in [9.17, 15) is 9.69 Å². The SMILES string of the molecule is CC1CO[PH](O)(Cc2ccc(NC(=O)CCc3oc(-n4cnc5ccccc54)nc3-c3ccc(Cl)cc3)cc2)OC1. The summed E-state index contributed by atoms with van der Waals surface area (Å²) in [6, 6.07) is 22.8. The fourth-order valence-electron chi connectivity index (χ4n) is 4.71. The normalized spacial score (nSPS) is 17.4. The van der Waals surface area contributed by atoms with Crippen molar-refractivity contribution in [2.45, 2.75) is 25.9 Å². The number of amides is 1. The number of aromatic nitrogens is 3. The van der Waals surface area contributed by atoms with Crippen LogP contribution in [0, 0.1) is 5.92 Å². The zero-order valence-corrected chi connectivity index (χ0v) is 24.2. The third-order valence-electron chi connectivity index (χ3n) is 6.89. The van der Waals surface area contributed by atoms with E-state index in [1.54, 1.807) is 23.0 Å². The summed E-state index contributed by atoms with van der Waals surface area (Å²) in [6.07, 6.45) is 2.54. The van der Waals surface area contributed by atoms with Gasteiger partial charge < -0.3 is 0 Å². The number of carbonyl (C=O) groups is 1. The zero-order chi connectivity index (χ0) is 28.4. The van der Waals surface area contributed by atoms with Gasteiger partial charge in [-0.2, -0.15) is 0 Å². The van der Waals surface area contributed by atoms with Crippen LogP contribution in [0.3, 0.4) is 0 Å². The molecule has 3 heterocycles. The third-order valence-corrected chi connectivity index (χ3v) is 9.24. The molecule has 6 rings (SSSR count). The van der Waals surface area contributed by atoms with Crippen molar-refractivity contribution >= 4 is 42.2 Å². The summed E-state index contributed by atoms with van der Waals surface area (Å²) in [5.41, 5.74) is 4.74. The number of nitrogens with zero attached hydrogens (tertiary/aromatic N) is 3. The molecule has 0 unspecified atom stereocenters. The van der Waals surface area contributed by atoms with Crippen LogP contribution >= 0.6 is 19.5 Å². The number of aryl methyl sites for hydroxylation is 1. The summed E-state index contributed by atoms with van der Waals surface area (Å²) in [5.74, 6) is 0.703. The van der Waals surface area contributed by atoms with Crippen LogP contribution in [-0.4, -0.2) is 38.5 Å². The summed E-state index contributed by atoms with van der Waals surface area (Å²) in [5, 5.41) is 3.56. The summed E-state index contributed by atoms with van der Waals surface area (Å²) >= 11 is 6.11. The average molecular weight is 593 g/mol. The molecule has 0 saturated carbocycles. The molecule has 11 heteroatoms. The Balaban J connectivity index is 1.15. The molecule has 1 aliphatic rings. The Bertz CT molecular complexity index is 1660. The fraction of sp³-hybridized carbons (Fsp3) is 0.233. The molecule has 212 valence electrons. The van der Waals surface area contributed by atoms with Crippen molar-refractivity contribution in [1.82, 2.24) is 14.5 Å². The predicted molar refractivity (Wildman–Crippen MR) is 160 cm³/mol. The van der Waals surface area contributed by atoms with E-state index >= 15 is 0 Å². The molecular formula is C30H30ClN4O5P. The van der Waals surface area contributed by atoms with E-state index in [2.05, 4.69) is 10.3 Å². The Kier molecular flexibility index (Phi) is 7.88. The number of anilines is 1. The van der Waals surface area contributed by atoms with Crippen molar-refractivity contribution in [3.63, 3.8) is 0 Å². The number of fused-ring (bicyclic) bond motifs is 1. The molecule has 0 radical (unpaired) electrons. The molecule has 0 bridgehead atoms. The van der Waals surface area contributed by atoms with Crippen LogP contribution in [0.1, 0.15) is 24.7 Å². The first-order chi connectivity index (χ1) is 19.8. The number of benzene rings is 3. The van der Waals surface area contributed by atoms with Crippen LogP contribution in [0.15, 0.2) is 83.5 Å². The maximum atomic E-state index is 12.9. The molecule has 2 aromatic heterocycles. The number of hydrogen-bond acceptors (Lipinski definition) is 7. The van der Waals surface area contributed by atoms with Gasteiger partial charge in [-0.1, -0.05) is 35.9 Å². The minimum atomic E-state index is -3.21. The second-order valence-corrected chi connectivity index (χ2v) is 13.0. The number of nitrogens with one attached hydrogen (secondary N) is 1. The van der Waals surface area contributed by atoms with E-state index in [0.29, 0.717) is 54.0 Å². The molecule has 41 heavy (non-hydrogen) atoms. The Morgan fingerprint density at radius 2 is 1.80 bits per heavy atom. The van der Waals surface area contributed by atoms with Gasteiger partial charge in [0.25, 0.3) is 0 Å². The van der Waals surface area contributed by atoms with Crippen molar-refractivity contribution < 1.29 is 23.2 Å². The quantitative estimate of drug-likeness (QED) is 0.196. The summed E-state index contributed by atoms with van der Waals surface area (Å²) in [7, 11) is -3.21. The van der Waals surface area contributed by atoms with Gasteiger partial charge >= 0.3 is 151 Å². The zero-order valence-electron chi connectivity index (χ0n) is 22.4. The van der Waals surface area contributed by atoms with Gasteiger partial charge in [0, 0.05) is 5.02 Å². The molecule has 3 aromatic carbocycles. The number of carbonyl (C=O) groups excluding carboxylic acids is 1. The molecule has 0 aliphatic carbocycles. The van der Waals surface area contributed by atoms with Gasteiger partial charge in [0.15, 0.2) is 0 Å². The van der Waals surface area contributed by atoms with Crippen molar-refractivity contribution in [3.05, 3.63) is 95.5 Å². The number of halogens is 1. The molecular weight excluding hydrogens is 563 g/mol. The Labute approximate surface area is 242 Å². The Hall–Kier alpha value is -3.59. The van der Waals surface area contributed by atoms with Gasteiger partial charge in [-0.25, -0.2) is 4.98 Å². The fourth-order valence-corrected chi connectivity index (χ4v) is 6.96. The van der Waals surface area contributed by atoms with Crippen LogP contribution in [0.5, 0.6) is 0 Å². The van der Waals surface area contributed by atoms with Crippen molar-refractivity contribution in [2.75, 3.05) is 18.5 Å². The van der Waals surface area contributed by atoms with Gasteiger partial charge in [0.1, 0.15) is 6.33 Å². The van der Waals surface area contributed by atoms with Crippen molar-refractivity contribution in [2.24, 2.45) is 5.92 Å². The monoisotopic (exact) mass is 592 g/mol. The first-order valence-corrected chi connectivity index (χ1v) is 15.8. The molecule has 2 N–H and O–H groups in total. The van der Waals surface area contributed by atoms with E-state index in [1.807, 2.05) is 67.6 Å². The molecule has 5 aromatic rings. The third kappa shape index (κ3) is 6.35. The minimum absolute atomic E-state index is 0.160. The predicted octanol–water partition coefficient (Wildman–Crippen LogP) is 6.58. The van der Waals surface area contributed by atoms with Gasteiger partial charge in [0.05, 0.1) is 11.0 Å². The van der Waals surface area contributed by atoms with E-state index < -0.39 is 7.94 Å². The average Bonchev–Trinajstić information content (AvgIpc) is 3.60. The van der Waals surface area contributed by atoms with Gasteiger partial charge in [-0.15, -0.1) is 0 Å². The summed E-state index contributed by atoms with van der Waals surface area (Å²) in [6.45, 7) is 3.02. The molecule has 1 amide bonds.